The van der Waals surface area contributed by atoms with Crippen LogP contribution in [0.15, 0.2) is 47.4 Å². The maximum absolute atomic E-state index is 13.7. The highest BCUT2D eigenvalue weighted by Gasteiger charge is 2.20. The summed E-state index contributed by atoms with van der Waals surface area (Å²) >= 11 is 0. The fourth-order valence-electron chi connectivity index (χ4n) is 2.70. The summed E-state index contributed by atoms with van der Waals surface area (Å²) in [5.41, 5.74) is 1.29. The maximum Gasteiger partial charge on any atom is 0.264 e. The van der Waals surface area contributed by atoms with Gasteiger partial charge < -0.3 is 9.80 Å². The average molecular weight is 367 g/mol. The fourth-order valence-corrected chi connectivity index (χ4v) is 3.85. The molecule has 0 radical (unpaired) electrons. The number of sulfonamides is 1. The van der Waals surface area contributed by atoms with Crippen LogP contribution in [-0.4, -0.2) is 46.5 Å². The summed E-state index contributed by atoms with van der Waals surface area (Å²) in [7, 11) is -2.13. The summed E-state index contributed by atoms with van der Waals surface area (Å²) in [4.78, 5) is 3.74. The van der Waals surface area contributed by atoms with E-state index in [-0.39, 0.29) is 0 Å². The van der Waals surface area contributed by atoms with Gasteiger partial charge in [-0.2, -0.15) is 0 Å². The summed E-state index contributed by atoms with van der Waals surface area (Å²) < 4.78 is 53.8. The summed E-state index contributed by atoms with van der Waals surface area (Å²) in [5, 5.41) is 0. The van der Waals surface area contributed by atoms with Gasteiger partial charge in [-0.3, -0.25) is 4.72 Å². The van der Waals surface area contributed by atoms with Crippen molar-refractivity contribution >= 4 is 21.4 Å². The van der Waals surface area contributed by atoms with Gasteiger partial charge >= 0.3 is 0 Å². The molecule has 1 heterocycles. The molecule has 0 bridgehead atoms. The zero-order chi connectivity index (χ0) is 18.0. The van der Waals surface area contributed by atoms with Gasteiger partial charge in [0.05, 0.1) is 0 Å². The Morgan fingerprint density at radius 3 is 2.24 bits per heavy atom. The van der Waals surface area contributed by atoms with Crippen LogP contribution in [0, 0.1) is 11.6 Å². The smallest absolute Gasteiger partial charge is 0.264 e. The molecule has 0 aliphatic carbocycles. The lowest BCUT2D eigenvalue weighted by atomic mass is 10.2. The number of halogens is 2. The number of anilines is 2. The predicted octanol–water partition coefficient (Wildman–Crippen LogP) is 2.52. The SMILES string of the molecule is CN1CCN(c2ccc(NS(=O)(=O)c3cc(F)ccc3F)cc2)CC1. The molecular weight excluding hydrogens is 348 g/mol. The molecule has 1 N–H and O–H groups in total. The van der Waals surface area contributed by atoms with Crippen LogP contribution in [0.25, 0.3) is 0 Å². The van der Waals surface area contributed by atoms with Gasteiger partial charge in [0, 0.05) is 37.6 Å². The van der Waals surface area contributed by atoms with Crippen LogP contribution >= 0.6 is 0 Å². The van der Waals surface area contributed by atoms with Gasteiger partial charge in [0.15, 0.2) is 0 Å². The Morgan fingerprint density at radius 2 is 1.60 bits per heavy atom. The summed E-state index contributed by atoms with van der Waals surface area (Å²) in [6.07, 6.45) is 0. The quantitative estimate of drug-likeness (QED) is 0.902. The molecule has 0 saturated carbocycles. The lowest BCUT2D eigenvalue weighted by Gasteiger charge is -2.34. The summed E-state index contributed by atoms with van der Waals surface area (Å²) in [6, 6.07) is 9.18. The van der Waals surface area contributed by atoms with E-state index in [4.69, 9.17) is 0 Å². The van der Waals surface area contributed by atoms with Crippen molar-refractivity contribution in [3.8, 4) is 0 Å². The molecule has 1 saturated heterocycles. The molecule has 1 aliphatic heterocycles. The van der Waals surface area contributed by atoms with E-state index in [0.29, 0.717) is 11.8 Å². The minimum absolute atomic E-state index is 0.293. The van der Waals surface area contributed by atoms with Gasteiger partial charge in [-0.1, -0.05) is 0 Å². The Kier molecular flexibility index (Phi) is 4.91. The van der Waals surface area contributed by atoms with Crippen molar-refractivity contribution in [2.24, 2.45) is 0 Å². The molecule has 1 aliphatic rings. The molecule has 134 valence electrons. The topological polar surface area (TPSA) is 52.6 Å². The van der Waals surface area contributed by atoms with Crippen molar-refractivity contribution in [1.82, 2.24) is 4.90 Å². The lowest BCUT2D eigenvalue weighted by molar-refractivity contribution is 0.313. The van der Waals surface area contributed by atoms with Gasteiger partial charge in [0.25, 0.3) is 10.0 Å². The Hall–Kier alpha value is -2.19. The van der Waals surface area contributed by atoms with Gasteiger partial charge in [-0.05, 0) is 49.5 Å². The number of nitrogens with zero attached hydrogens (tertiary/aromatic N) is 2. The van der Waals surface area contributed by atoms with Gasteiger partial charge in [0.2, 0.25) is 0 Å². The molecule has 2 aromatic carbocycles. The monoisotopic (exact) mass is 367 g/mol. The third-order valence-electron chi connectivity index (χ3n) is 4.17. The Labute approximate surface area is 145 Å². The molecule has 0 amide bonds. The molecule has 2 aromatic rings. The van der Waals surface area contributed by atoms with Crippen molar-refractivity contribution in [2.45, 2.75) is 4.90 Å². The van der Waals surface area contributed by atoms with E-state index in [0.717, 1.165) is 44.0 Å². The van der Waals surface area contributed by atoms with E-state index < -0.39 is 26.6 Å². The van der Waals surface area contributed by atoms with E-state index >= 15 is 0 Å². The molecule has 3 rings (SSSR count). The minimum atomic E-state index is -4.20. The molecule has 1 fully saturated rings. The van der Waals surface area contributed by atoms with Crippen LogP contribution in [0.3, 0.4) is 0 Å². The largest absolute Gasteiger partial charge is 0.369 e. The van der Waals surface area contributed by atoms with Crippen LogP contribution in [0.4, 0.5) is 20.2 Å². The van der Waals surface area contributed by atoms with Crippen molar-refractivity contribution in [3.63, 3.8) is 0 Å². The van der Waals surface area contributed by atoms with E-state index in [1.807, 2.05) is 12.1 Å². The molecule has 8 heteroatoms. The van der Waals surface area contributed by atoms with Crippen molar-refractivity contribution < 1.29 is 17.2 Å². The highest BCUT2D eigenvalue weighted by molar-refractivity contribution is 7.92. The molecule has 5 nitrogen and oxygen atoms in total. The minimum Gasteiger partial charge on any atom is -0.369 e. The van der Waals surface area contributed by atoms with Crippen molar-refractivity contribution in [3.05, 3.63) is 54.1 Å². The summed E-state index contributed by atoms with van der Waals surface area (Å²) in [5.74, 6) is -1.81. The first-order valence-electron chi connectivity index (χ1n) is 7.86. The third kappa shape index (κ3) is 4.08. The first kappa shape index (κ1) is 17.6. The van der Waals surface area contributed by atoms with Crippen molar-refractivity contribution in [1.29, 1.82) is 0 Å². The number of benzene rings is 2. The highest BCUT2D eigenvalue weighted by Crippen LogP contribution is 2.23. The molecule has 0 atom stereocenters. The zero-order valence-corrected chi connectivity index (χ0v) is 14.6. The maximum atomic E-state index is 13.7. The first-order chi connectivity index (χ1) is 11.8. The number of piperazine rings is 1. The number of nitrogens with one attached hydrogen (secondary N) is 1. The fraction of sp³-hybridized carbons (Fsp3) is 0.294. The number of rotatable bonds is 4. The molecule has 25 heavy (non-hydrogen) atoms. The number of hydrogen-bond donors (Lipinski definition) is 1. The van der Waals surface area contributed by atoms with E-state index in [9.17, 15) is 17.2 Å². The zero-order valence-electron chi connectivity index (χ0n) is 13.7. The Bertz CT molecular complexity index is 849. The van der Waals surface area contributed by atoms with Gasteiger partial charge in [0.1, 0.15) is 16.5 Å². The molecule has 0 spiro atoms. The van der Waals surface area contributed by atoms with Crippen LogP contribution in [0.5, 0.6) is 0 Å². The van der Waals surface area contributed by atoms with Crippen LogP contribution in [0.1, 0.15) is 0 Å². The standard InChI is InChI=1S/C17H19F2N3O2S/c1-21-8-10-22(11-9-21)15-5-3-14(4-6-15)20-25(23,24)17-12-13(18)2-7-16(17)19/h2-7,12,20H,8-11H2,1H3. The normalized spacial score (nSPS) is 16.0. The Balaban J connectivity index is 1.75. The van der Waals surface area contributed by atoms with E-state index in [2.05, 4.69) is 21.6 Å². The number of hydrogen-bond acceptors (Lipinski definition) is 4. The molecule has 0 aromatic heterocycles. The first-order valence-corrected chi connectivity index (χ1v) is 9.35. The third-order valence-corrected chi connectivity index (χ3v) is 5.57. The number of likely N-dealkylation sites (N-methyl/N-ethyl adjacent to an activating group) is 1. The van der Waals surface area contributed by atoms with E-state index in [1.165, 1.54) is 0 Å². The Morgan fingerprint density at radius 1 is 0.960 bits per heavy atom. The van der Waals surface area contributed by atoms with E-state index in [1.54, 1.807) is 12.1 Å². The second kappa shape index (κ2) is 6.97. The molecule has 0 unspecified atom stereocenters. The lowest BCUT2D eigenvalue weighted by Crippen LogP contribution is -2.44. The second-order valence-corrected chi connectivity index (χ2v) is 7.67. The van der Waals surface area contributed by atoms with Crippen LogP contribution in [0.2, 0.25) is 0 Å². The second-order valence-electron chi connectivity index (χ2n) is 6.02. The van der Waals surface area contributed by atoms with Crippen molar-refractivity contribution in [2.75, 3.05) is 42.8 Å². The van der Waals surface area contributed by atoms with Crippen LogP contribution in [-0.2, 0) is 10.0 Å². The van der Waals surface area contributed by atoms with Gasteiger partial charge in [-0.15, -0.1) is 0 Å². The van der Waals surface area contributed by atoms with Gasteiger partial charge in [-0.25, -0.2) is 17.2 Å². The highest BCUT2D eigenvalue weighted by atomic mass is 32.2. The summed E-state index contributed by atoms with van der Waals surface area (Å²) in [6.45, 7) is 3.73. The average Bonchev–Trinajstić information content (AvgIpc) is 2.58. The predicted molar refractivity (Wildman–Crippen MR) is 93.3 cm³/mol. The van der Waals surface area contributed by atoms with Crippen LogP contribution < -0.4 is 9.62 Å². The molecular formula is C17H19F2N3O2S.